The van der Waals surface area contributed by atoms with Gasteiger partial charge in [0.05, 0.1) is 5.52 Å². The molecule has 1 amide bonds. The van der Waals surface area contributed by atoms with Gasteiger partial charge < -0.3 is 9.88 Å². The quantitative estimate of drug-likeness (QED) is 0.725. The number of nitrogens with zero attached hydrogens (tertiary/aromatic N) is 2. The molecule has 0 aliphatic rings. The fraction of sp³-hybridized carbons (Fsp3) is 0.200. The first kappa shape index (κ1) is 8.74. The molecule has 0 saturated heterocycles. The minimum Gasteiger partial charge on any atom is -0.354 e. The van der Waals surface area contributed by atoms with Crippen molar-refractivity contribution in [2.24, 2.45) is 7.05 Å². The largest absolute Gasteiger partial charge is 0.354 e. The number of nitrogens with one attached hydrogen (secondary N) is 1. The summed E-state index contributed by atoms with van der Waals surface area (Å²) in [4.78, 5) is 15.6. The highest BCUT2D eigenvalue weighted by Gasteiger charge is 2.11. The van der Waals surface area contributed by atoms with Crippen LogP contribution < -0.4 is 5.32 Å². The molecule has 2 heterocycles. The molecule has 72 valence electrons. The second kappa shape index (κ2) is 3.14. The van der Waals surface area contributed by atoms with Crippen LogP contribution in [0.3, 0.4) is 0 Å². The van der Waals surface area contributed by atoms with Crippen molar-refractivity contribution in [3.63, 3.8) is 0 Å². The van der Waals surface area contributed by atoms with Crippen LogP contribution in [0.15, 0.2) is 24.5 Å². The van der Waals surface area contributed by atoms with Crippen LogP contribution in [0.1, 0.15) is 10.5 Å². The SMILES string of the molecule is CNC(=O)c1nccc2ccn(C)c12. The number of aryl methyl sites for hydroxylation is 1. The van der Waals surface area contributed by atoms with E-state index in [4.69, 9.17) is 0 Å². The number of carbonyl (C=O) groups is 1. The first-order valence-corrected chi connectivity index (χ1v) is 4.36. The molecule has 2 aromatic heterocycles. The molecule has 1 N–H and O–H groups in total. The van der Waals surface area contributed by atoms with Gasteiger partial charge in [-0.05, 0) is 12.1 Å². The molecule has 4 heteroatoms. The summed E-state index contributed by atoms with van der Waals surface area (Å²) >= 11 is 0. The van der Waals surface area contributed by atoms with Crippen LogP contribution in [0, 0.1) is 0 Å². The summed E-state index contributed by atoms with van der Waals surface area (Å²) in [6.45, 7) is 0. The summed E-state index contributed by atoms with van der Waals surface area (Å²) in [6.07, 6.45) is 3.56. The van der Waals surface area contributed by atoms with Gasteiger partial charge in [0, 0.05) is 31.9 Å². The van der Waals surface area contributed by atoms with Crippen LogP contribution in [0.25, 0.3) is 10.9 Å². The molecule has 0 atom stereocenters. The average molecular weight is 189 g/mol. The second-order valence-corrected chi connectivity index (χ2v) is 3.10. The Morgan fingerprint density at radius 1 is 1.50 bits per heavy atom. The molecule has 0 bridgehead atoms. The van der Waals surface area contributed by atoms with E-state index < -0.39 is 0 Å². The van der Waals surface area contributed by atoms with Gasteiger partial charge in [0.25, 0.3) is 5.91 Å². The Hall–Kier alpha value is -1.84. The maximum atomic E-state index is 11.5. The van der Waals surface area contributed by atoms with Crippen LogP contribution in [0.4, 0.5) is 0 Å². The van der Waals surface area contributed by atoms with E-state index in [1.54, 1.807) is 13.2 Å². The average Bonchev–Trinajstić information content (AvgIpc) is 2.59. The molecule has 4 nitrogen and oxygen atoms in total. The number of fused-ring (bicyclic) bond motifs is 1. The summed E-state index contributed by atoms with van der Waals surface area (Å²) in [7, 11) is 3.50. The van der Waals surface area contributed by atoms with E-state index in [1.807, 2.05) is 29.9 Å². The number of amides is 1. The van der Waals surface area contributed by atoms with Gasteiger partial charge in [-0.1, -0.05) is 0 Å². The zero-order valence-electron chi connectivity index (χ0n) is 8.11. The molecule has 0 unspecified atom stereocenters. The van der Waals surface area contributed by atoms with E-state index >= 15 is 0 Å². The lowest BCUT2D eigenvalue weighted by Gasteiger charge is -2.02. The molecule has 0 aliphatic carbocycles. The summed E-state index contributed by atoms with van der Waals surface area (Å²) < 4.78 is 1.90. The van der Waals surface area contributed by atoms with Crippen molar-refractivity contribution in [1.82, 2.24) is 14.9 Å². The summed E-state index contributed by atoms with van der Waals surface area (Å²) in [6, 6.07) is 3.85. The minimum absolute atomic E-state index is 0.155. The third-order valence-corrected chi connectivity index (χ3v) is 2.23. The van der Waals surface area contributed by atoms with Crippen LogP contribution in [0.2, 0.25) is 0 Å². The first-order chi connectivity index (χ1) is 6.74. The Kier molecular flexibility index (Phi) is 1.96. The van der Waals surface area contributed by atoms with Crippen molar-refractivity contribution in [2.75, 3.05) is 7.05 Å². The number of rotatable bonds is 1. The van der Waals surface area contributed by atoms with E-state index in [9.17, 15) is 4.79 Å². The Bertz CT molecular complexity index is 487. The van der Waals surface area contributed by atoms with Crippen LogP contribution in [0.5, 0.6) is 0 Å². The van der Waals surface area contributed by atoms with Gasteiger partial charge in [0.1, 0.15) is 0 Å². The highest BCUT2D eigenvalue weighted by molar-refractivity contribution is 6.03. The molecule has 0 radical (unpaired) electrons. The van der Waals surface area contributed by atoms with Gasteiger partial charge in [-0.15, -0.1) is 0 Å². The number of carbonyl (C=O) groups excluding carboxylic acids is 1. The molecule has 0 aliphatic heterocycles. The van der Waals surface area contributed by atoms with Crippen LogP contribution in [-0.2, 0) is 7.05 Å². The summed E-state index contributed by atoms with van der Waals surface area (Å²) in [5, 5.41) is 3.60. The molecule has 0 aromatic carbocycles. The molecule has 14 heavy (non-hydrogen) atoms. The monoisotopic (exact) mass is 189 g/mol. The molecule has 0 saturated carbocycles. The van der Waals surface area contributed by atoms with Crippen LogP contribution in [-0.4, -0.2) is 22.5 Å². The van der Waals surface area contributed by atoms with Crippen LogP contribution >= 0.6 is 0 Å². The number of hydrogen-bond acceptors (Lipinski definition) is 2. The van der Waals surface area contributed by atoms with Crippen molar-refractivity contribution in [3.05, 3.63) is 30.2 Å². The summed E-state index contributed by atoms with van der Waals surface area (Å²) in [5.74, 6) is -0.155. The van der Waals surface area contributed by atoms with E-state index in [-0.39, 0.29) is 5.91 Å². The highest BCUT2D eigenvalue weighted by Crippen LogP contribution is 2.16. The van der Waals surface area contributed by atoms with Gasteiger partial charge in [0.2, 0.25) is 0 Å². The van der Waals surface area contributed by atoms with E-state index in [0.717, 1.165) is 10.9 Å². The molecule has 0 fully saturated rings. The van der Waals surface area contributed by atoms with Crippen molar-refractivity contribution in [1.29, 1.82) is 0 Å². The van der Waals surface area contributed by atoms with E-state index in [0.29, 0.717) is 5.69 Å². The lowest BCUT2D eigenvalue weighted by atomic mass is 10.2. The Morgan fingerprint density at radius 3 is 3.00 bits per heavy atom. The van der Waals surface area contributed by atoms with Crippen molar-refractivity contribution >= 4 is 16.8 Å². The topological polar surface area (TPSA) is 46.9 Å². The molecule has 2 aromatic rings. The molecule has 0 spiro atoms. The Labute approximate surface area is 81.6 Å². The molecule has 2 rings (SSSR count). The third kappa shape index (κ3) is 1.16. The first-order valence-electron chi connectivity index (χ1n) is 4.36. The maximum Gasteiger partial charge on any atom is 0.271 e. The zero-order chi connectivity index (χ0) is 10.1. The second-order valence-electron chi connectivity index (χ2n) is 3.10. The van der Waals surface area contributed by atoms with Gasteiger partial charge in [0.15, 0.2) is 5.69 Å². The smallest absolute Gasteiger partial charge is 0.271 e. The maximum absolute atomic E-state index is 11.5. The fourth-order valence-electron chi connectivity index (χ4n) is 1.53. The van der Waals surface area contributed by atoms with Crippen molar-refractivity contribution < 1.29 is 4.79 Å². The predicted molar refractivity (Wildman–Crippen MR) is 54.1 cm³/mol. The normalized spacial score (nSPS) is 10.4. The minimum atomic E-state index is -0.155. The zero-order valence-corrected chi connectivity index (χ0v) is 8.11. The van der Waals surface area contributed by atoms with Crippen molar-refractivity contribution in [2.45, 2.75) is 0 Å². The summed E-state index contributed by atoms with van der Waals surface area (Å²) in [5.41, 5.74) is 1.34. The van der Waals surface area contributed by atoms with Gasteiger partial charge in [-0.3, -0.25) is 4.79 Å². The highest BCUT2D eigenvalue weighted by atomic mass is 16.1. The van der Waals surface area contributed by atoms with E-state index in [2.05, 4.69) is 10.3 Å². The standard InChI is InChI=1S/C10H11N3O/c1-11-10(14)8-9-7(3-5-12-8)4-6-13(9)2/h3-6H,1-2H3,(H,11,14). The number of pyridine rings is 1. The van der Waals surface area contributed by atoms with Gasteiger partial charge in [-0.25, -0.2) is 4.98 Å². The lowest BCUT2D eigenvalue weighted by molar-refractivity contribution is 0.0959. The van der Waals surface area contributed by atoms with Gasteiger partial charge in [-0.2, -0.15) is 0 Å². The Morgan fingerprint density at radius 2 is 2.29 bits per heavy atom. The predicted octanol–water partition coefficient (Wildman–Crippen LogP) is 0.933. The van der Waals surface area contributed by atoms with E-state index in [1.165, 1.54) is 0 Å². The van der Waals surface area contributed by atoms with Crippen molar-refractivity contribution in [3.8, 4) is 0 Å². The number of aromatic nitrogens is 2. The third-order valence-electron chi connectivity index (χ3n) is 2.23. The molecular formula is C10H11N3O. The Balaban J connectivity index is 2.75. The van der Waals surface area contributed by atoms with Gasteiger partial charge >= 0.3 is 0 Å². The fourth-order valence-corrected chi connectivity index (χ4v) is 1.53. The molecular weight excluding hydrogens is 178 g/mol. The number of hydrogen-bond donors (Lipinski definition) is 1. The lowest BCUT2D eigenvalue weighted by Crippen LogP contribution is -2.20.